The van der Waals surface area contributed by atoms with Crippen LogP contribution in [0.25, 0.3) is 5.69 Å². The molecule has 150 valence electrons. The Morgan fingerprint density at radius 2 is 1.86 bits per heavy atom. The molecule has 1 aliphatic heterocycles. The van der Waals surface area contributed by atoms with Gasteiger partial charge in [0.1, 0.15) is 0 Å². The number of hydrogen-bond donors (Lipinski definition) is 1. The number of carbonyl (C=O) groups is 2. The molecular formula is C18H18F3N3O4. The van der Waals surface area contributed by atoms with Gasteiger partial charge < -0.3 is 14.7 Å². The van der Waals surface area contributed by atoms with E-state index >= 15 is 0 Å². The van der Waals surface area contributed by atoms with Crippen molar-refractivity contribution in [2.75, 3.05) is 13.1 Å². The van der Waals surface area contributed by atoms with Crippen molar-refractivity contribution in [3.63, 3.8) is 0 Å². The van der Waals surface area contributed by atoms with Crippen LogP contribution in [0, 0.1) is 6.92 Å². The number of amides is 1. The number of nitrogens with zero attached hydrogens (tertiary/aromatic N) is 3. The second-order valence-electron chi connectivity index (χ2n) is 6.64. The Hall–Kier alpha value is -2.88. The number of alkyl halides is 3. The zero-order chi connectivity index (χ0) is 20.6. The molecule has 1 amide bonds. The van der Waals surface area contributed by atoms with Crippen molar-refractivity contribution in [1.82, 2.24) is 14.7 Å². The molecule has 2 heterocycles. The van der Waals surface area contributed by atoms with Gasteiger partial charge in [0, 0.05) is 6.54 Å². The summed E-state index contributed by atoms with van der Waals surface area (Å²) in [5.74, 6) is -2.22. The maximum atomic E-state index is 13.8. The van der Waals surface area contributed by atoms with E-state index in [0.717, 1.165) is 16.7 Å². The van der Waals surface area contributed by atoms with Crippen LogP contribution in [0.4, 0.5) is 13.2 Å². The SMILES string of the molecule is Cc1ccc(-n2ncc(C(=O)N3CC(C(=O)O)O[C@H](C)C3)c2C(F)(F)F)cc1. The monoisotopic (exact) mass is 397 g/mol. The lowest BCUT2D eigenvalue weighted by Crippen LogP contribution is -2.52. The fraction of sp³-hybridized carbons (Fsp3) is 0.389. The highest BCUT2D eigenvalue weighted by atomic mass is 19.4. The van der Waals surface area contributed by atoms with Crippen LogP contribution in [0.5, 0.6) is 0 Å². The minimum Gasteiger partial charge on any atom is -0.479 e. The molecule has 1 aliphatic rings. The van der Waals surface area contributed by atoms with Gasteiger partial charge in [-0.1, -0.05) is 17.7 Å². The van der Waals surface area contributed by atoms with Crippen LogP contribution in [0.1, 0.15) is 28.5 Å². The molecule has 10 heteroatoms. The van der Waals surface area contributed by atoms with Crippen molar-refractivity contribution in [3.05, 3.63) is 47.3 Å². The average Bonchev–Trinajstić information content (AvgIpc) is 3.06. The molecule has 0 saturated carbocycles. The molecular weight excluding hydrogens is 379 g/mol. The van der Waals surface area contributed by atoms with Gasteiger partial charge in [-0.3, -0.25) is 4.79 Å². The third-order valence-corrected chi connectivity index (χ3v) is 4.37. The maximum absolute atomic E-state index is 13.8. The van der Waals surface area contributed by atoms with Gasteiger partial charge in [0.2, 0.25) is 0 Å². The molecule has 1 aromatic carbocycles. The van der Waals surface area contributed by atoms with Gasteiger partial charge in [0.05, 0.1) is 30.1 Å². The molecule has 0 aliphatic carbocycles. The smallest absolute Gasteiger partial charge is 0.434 e. The number of ether oxygens (including phenoxy) is 1. The van der Waals surface area contributed by atoms with Gasteiger partial charge in [-0.15, -0.1) is 0 Å². The highest BCUT2D eigenvalue weighted by Crippen LogP contribution is 2.34. The Balaban J connectivity index is 2.01. The molecule has 28 heavy (non-hydrogen) atoms. The number of benzene rings is 1. The number of aryl methyl sites for hydroxylation is 1. The zero-order valence-corrected chi connectivity index (χ0v) is 15.1. The molecule has 1 saturated heterocycles. The van der Waals surface area contributed by atoms with Gasteiger partial charge >= 0.3 is 12.1 Å². The summed E-state index contributed by atoms with van der Waals surface area (Å²) in [6.07, 6.45) is -5.90. The molecule has 1 fully saturated rings. The predicted octanol–water partition coefficient (Wildman–Crippen LogP) is 2.51. The number of hydrogen-bond acceptors (Lipinski definition) is 4. The number of halogens is 3. The Morgan fingerprint density at radius 1 is 1.21 bits per heavy atom. The summed E-state index contributed by atoms with van der Waals surface area (Å²) in [5.41, 5.74) is -0.808. The molecule has 2 aromatic rings. The number of aliphatic carboxylic acids is 1. The van der Waals surface area contributed by atoms with E-state index in [2.05, 4.69) is 5.10 Å². The Labute approximate surface area is 158 Å². The number of morpholine rings is 1. The van der Waals surface area contributed by atoms with E-state index < -0.39 is 41.5 Å². The second kappa shape index (κ2) is 7.27. The van der Waals surface area contributed by atoms with Crippen molar-refractivity contribution >= 4 is 11.9 Å². The summed E-state index contributed by atoms with van der Waals surface area (Å²) in [6.45, 7) is 2.99. The predicted molar refractivity (Wildman–Crippen MR) is 91.2 cm³/mol. The fourth-order valence-corrected chi connectivity index (χ4v) is 3.08. The quantitative estimate of drug-likeness (QED) is 0.860. The van der Waals surface area contributed by atoms with Crippen LogP contribution in [0.3, 0.4) is 0 Å². The van der Waals surface area contributed by atoms with Gasteiger partial charge in [-0.05, 0) is 26.0 Å². The Bertz CT molecular complexity index is 892. The van der Waals surface area contributed by atoms with Crippen LogP contribution >= 0.6 is 0 Å². The van der Waals surface area contributed by atoms with Crippen molar-refractivity contribution in [2.45, 2.75) is 32.2 Å². The van der Waals surface area contributed by atoms with E-state index in [-0.39, 0.29) is 18.8 Å². The summed E-state index contributed by atoms with van der Waals surface area (Å²) in [6, 6.07) is 6.23. The number of rotatable bonds is 3. The van der Waals surface area contributed by atoms with E-state index in [0.29, 0.717) is 4.68 Å². The van der Waals surface area contributed by atoms with Crippen LogP contribution in [-0.4, -0.2) is 57.0 Å². The average molecular weight is 397 g/mol. The number of aromatic nitrogens is 2. The first kappa shape index (κ1) is 19.9. The van der Waals surface area contributed by atoms with Crippen LogP contribution < -0.4 is 0 Å². The summed E-state index contributed by atoms with van der Waals surface area (Å²) >= 11 is 0. The second-order valence-corrected chi connectivity index (χ2v) is 6.64. The minimum atomic E-state index is -4.84. The van der Waals surface area contributed by atoms with Crippen molar-refractivity contribution in [2.24, 2.45) is 0 Å². The highest BCUT2D eigenvalue weighted by molar-refractivity contribution is 5.96. The van der Waals surface area contributed by atoms with Crippen molar-refractivity contribution in [3.8, 4) is 5.69 Å². The molecule has 1 N–H and O–H groups in total. The van der Waals surface area contributed by atoms with Gasteiger partial charge in [-0.25, -0.2) is 9.48 Å². The largest absolute Gasteiger partial charge is 0.479 e. The summed E-state index contributed by atoms with van der Waals surface area (Å²) < 4.78 is 47.2. The molecule has 0 spiro atoms. The molecule has 0 radical (unpaired) electrons. The Kier molecular flexibility index (Phi) is 5.16. The zero-order valence-electron chi connectivity index (χ0n) is 15.1. The van der Waals surface area contributed by atoms with E-state index in [1.807, 2.05) is 0 Å². The lowest BCUT2D eigenvalue weighted by molar-refractivity contribution is -0.160. The standard InChI is InChI=1S/C18H18F3N3O4/c1-10-3-5-12(6-4-10)24-15(18(19,20)21)13(7-22-24)16(25)23-8-11(2)28-14(9-23)17(26)27/h3-7,11,14H,8-9H2,1-2H3,(H,26,27)/t11-,14?/m1/s1. The number of carboxylic acid groups (broad SMARTS) is 1. The fourth-order valence-electron chi connectivity index (χ4n) is 3.08. The van der Waals surface area contributed by atoms with Crippen LogP contribution in [0.2, 0.25) is 0 Å². The molecule has 1 aromatic heterocycles. The van der Waals surface area contributed by atoms with Crippen molar-refractivity contribution < 1.29 is 32.6 Å². The lowest BCUT2D eigenvalue weighted by Gasteiger charge is -2.34. The summed E-state index contributed by atoms with van der Waals surface area (Å²) in [5, 5.41) is 12.9. The van der Waals surface area contributed by atoms with Gasteiger partial charge in [0.25, 0.3) is 5.91 Å². The molecule has 3 rings (SSSR count). The first-order valence-electron chi connectivity index (χ1n) is 8.47. The van der Waals surface area contributed by atoms with E-state index in [4.69, 9.17) is 9.84 Å². The third kappa shape index (κ3) is 3.86. The van der Waals surface area contributed by atoms with Gasteiger partial charge in [0.15, 0.2) is 11.8 Å². The molecule has 0 bridgehead atoms. The van der Waals surface area contributed by atoms with E-state index in [1.54, 1.807) is 26.0 Å². The van der Waals surface area contributed by atoms with Crippen LogP contribution in [-0.2, 0) is 15.7 Å². The summed E-state index contributed by atoms with van der Waals surface area (Å²) in [7, 11) is 0. The lowest BCUT2D eigenvalue weighted by atomic mass is 10.1. The highest BCUT2D eigenvalue weighted by Gasteiger charge is 2.43. The summed E-state index contributed by atoms with van der Waals surface area (Å²) in [4.78, 5) is 25.0. The molecule has 1 unspecified atom stereocenters. The van der Waals surface area contributed by atoms with Crippen LogP contribution in [0.15, 0.2) is 30.5 Å². The van der Waals surface area contributed by atoms with Gasteiger partial charge in [-0.2, -0.15) is 18.3 Å². The minimum absolute atomic E-state index is 0.0182. The third-order valence-electron chi connectivity index (χ3n) is 4.37. The molecule has 2 atom stereocenters. The first-order valence-corrected chi connectivity index (χ1v) is 8.47. The first-order chi connectivity index (χ1) is 13.1. The van der Waals surface area contributed by atoms with E-state index in [9.17, 15) is 22.8 Å². The maximum Gasteiger partial charge on any atom is 0.434 e. The van der Waals surface area contributed by atoms with Crippen molar-refractivity contribution in [1.29, 1.82) is 0 Å². The molecule has 7 nitrogen and oxygen atoms in total. The normalized spacial score (nSPS) is 20.2. The number of carboxylic acids is 1. The topological polar surface area (TPSA) is 84.7 Å². The van der Waals surface area contributed by atoms with E-state index in [1.165, 1.54) is 12.1 Å². The number of carbonyl (C=O) groups excluding carboxylic acids is 1. The Morgan fingerprint density at radius 3 is 2.43 bits per heavy atom.